The molecule has 1 heteroatoms. The fourth-order valence-corrected chi connectivity index (χ4v) is 3.44. The van der Waals surface area contributed by atoms with E-state index in [0.717, 1.165) is 17.9 Å². The fourth-order valence-electron chi connectivity index (χ4n) is 3.31. The van der Waals surface area contributed by atoms with Crippen LogP contribution >= 0.6 is 11.6 Å². The third-order valence-electron chi connectivity index (χ3n) is 4.47. The van der Waals surface area contributed by atoms with E-state index in [0.29, 0.717) is 0 Å². The highest BCUT2D eigenvalue weighted by molar-refractivity contribution is 6.30. The Bertz CT molecular complexity index is 873. The summed E-state index contributed by atoms with van der Waals surface area (Å²) in [5.41, 5.74) is 8.32. The van der Waals surface area contributed by atoms with Crippen LogP contribution in [-0.2, 0) is 12.8 Å². The molecule has 0 radical (unpaired) electrons. The monoisotopic (exact) mass is 316 g/mol. The zero-order chi connectivity index (χ0) is 15.6. The van der Waals surface area contributed by atoms with Crippen LogP contribution in [0.2, 0.25) is 5.02 Å². The molecule has 0 aliphatic heterocycles. The summed E-state index contributed by atoms with van der Waals surface area (Å²) in [6.45, 7) is 0. The van der Waals surface area contributed by atoms with Crippen LogP contribution in [0.25, 0.3) is 17.2 Å². The van der Waals surface area contributed by atoms with Gasteiger partial charge >= 0.3 is 0 Å². The standard InChI is InChI=1S/C22H17Cl/c23-19-13-11-16(12-14-19)5-3-7-17-8-4-10-21-20-9-2-1-6-18(20)15-22(17)21/h1-6,8-14H,7,15H2. The Balaban J connectivity index is 1.59. The van der Waals surface area contributed by atoms with Gasteiger partial charge in [-0.15, -0.1) is 0 Å². The number of fused-ring (bicyclic) bond motifs is 3. The molecule has 3 aromatic carbocycles. The summed E-state index contributed by atoms with van der Waals surface area (Å²) in [5.74, 6) is 0. The van der Waals surface area contributed by atoms with Gasteiger partial charge < -0.3 is 0 Å². The van der Waals surface area contributed by atoms with Crippen molar-refractivity contribution in [3.8, 4) is 11.1 Å². The quantitative estimate of drug-likeness (QED) is 0.424. The van der Waals surface area contributed by atoms with Gasteiger partial charge in [-0.2, -0.15) is 0 Å². The van der Waals surface area contributed by atoms with Crippen molar-refractivity contribution in [2.24, 2.45) is 0 Å². The lowest BCUT2D eigenvalue weighted by atomic mass is 9.99. The SMILES string of the molecule is Clc1ccc(C=CCc2cccc3c2Cc2ccccc2-3)cc1. The number of hydrogen-bond donors (Lipinski definition) is 0. The number of allylic oxidation sites excluding steroid dienone is 1. The van der Waals surface area contributed by atoms with Crippen LogP contribution < -0.4 is 0 Å². The molecule has 1 aliphatic carbocycles. The second kappa shape index (κ2) is 6.06. The van der Waals surface area contributed by atoms with E-state index in [1.807, 2.05) is 24.3 Å². The minimum absolute atomic E-state index is 0.779. The molecule has 0 spiro atoms. The van der Waals surface area contributed by atoms with Gasteiger partial charge in [-0.25, -0.2) is 0 Å². The topological polar surface area (TPSA) is 0 Å². The van der Waals surface area contributed by atoms with E-state index in [1.54, 1.807) is 0 Å². The maximum absolute atomic E-state index is 5.93. The van der Waals surface area contributed by atoms with Gasteiger partial charge in [-0.3, -0.25) is 0 Å². The van der Waals surface area contributed by atoms with Crippen LogP contribution in [0.1, 0.15) is 22.3 Å². The summed E-state index contributed by atoms with van der Waals surface area (Å²) in [6.07, 6.45) is 6.41. The summed E-state index contributed by atoms with van der Waals surface area (Å²) >= 11 is 5.93. The number of benzene rings is 3. The Morgan fingerprint density at radius 2 is 1.61 bits per heavy atom. The van der Waals surface area contributed by atoms with Crippen molar-refractivity contribution in [2.75, 3.05) is 0 Å². The molecule has 0 unspecified atom stereocenters. The number of rotatable bonds is 3. The molecule has 0 saturated heterocycles. The van der Waals surface area contributed by atoms with Crippen molar-refractivity contribution >= 4 is 17.7 Å². The van der Waals surface area contributed by atoms with Crippen LogP contribution in [0.4, 0.5) is 0 Å². The summed E-state index contributed by atoms with van der Waals surface area (Å²) in [6, 6.07) is 23.3. The van der Waals surface area contributed by atoms with Crippen molar-refractivity contribution in [3.63, 3.8) is 0 Å². The van der Waals surface area contributed by atoms with Gasteiger partial charge in [-0.05, 0) is 58.4 Å². The molecule has 1 aliphatic rings. The normalized spacial score (nSPS) is 12.4. The Kier molecular flexibility index (Phi) is 3.77. The fraction of sp³-hybridized carbons (Fsp3) is 0.0909. The first-order valence-electron chi connectivity index (χ1n) is 7.92. The highest BCUT2D eigenvalue weighted by Gasteiger charge is 2.19. The zero-order valence-electron chi connectivity index (χ0n) is 12.8. The molecule has 4 rings (SSSR count). The third kappa shape index (κ3) is 2.83. The smallest absolute Gasteiger partial charge is 0.0406 e. The van der Waals surface area contributed by atoms with Crippen LogP contribution in [-0.4, -0.2) is 0 Å². The molecule has 3 aromatic rings. The lowest BCUT2D eigenvalue weighted by Gasteiger charge is -2.06. The van der Waals surface area contributed by atoms with Gasteiger partial charge in [0.15, 0.2) is 0 Å². The molecule has 0 saturated carbocycles. The predicted octanol–water partition coefficient (Wildman–Crippen LogP) is 6.17. The lowest BCUT2D eigenvalue weighted by Crippen LogP contribution is -1.90. The Morgan fingerprint density at radius 3 is 2.48 bits per heavy atom. The van der Waals surface area contributed by atoms with Crippen molar-refractivity contribution in [1.29, 1.82) is 0 Å². The highest BCUT2D eigenvalue weighted by atomic mass is 35.5. The van der Waals surface area contributed by atoms with E-state index in [1.165, 1.54) is 33.4 Å². The van der Waals surface area contributed by atoms with Gasteiger partial charge in [0.25, 0.3) is 0 Å². The maximum atomic E-state index is 5.93. The molecule has 0 amide bonds. The van der Waals surface area contributed by atoms with E-state index in [-0.39, 0.29) is 0 Å². The van der Waals surface area contributed by atoms with Crippen LogP contribution in [0.15, 0.2) is 72.8 Å². The van der Waals surface area contributed by atoms with Gasteiger partial charge in [-0.1, -0.05) is 78.4 Å². The number of halogens is 1. The predicted molar refractivity (Wildman–Crippen MR) is 98.9 cm³/mol. The molecule has 0 N–H and O–H groups in total. The van der Waals surface area contributed by atoms with Gasteiger partial charge in [0.1, 0.15) is 0 Å². The minimum Gasteiger partial charge on any atom is -0.0843 e. The largest absolute Gasteiger partial charge is 0.0843 e. The second-order valence-corrected chi connectivity index (χ2v) is 6.37. The van der Waals surface area contributed by atoms with Gasteiger partial charge in [0, 0.05) is 5.02 Å². The minimum atomic E-state index is 0.779. The van der Waals surface area contributed by atoms with Crippen LogP contribution in [0.5, 0.6) is 0 Å². The van der Waals surface area contributed by atoms with E-state index >= 15 is 0 Å². The molecule has 0 aromatic heterocycles. The van der Waals surface area contributed by atoms with Crippen molar-refractivity contribution in [2.45, 2.75) is 12.8 Å². The first-order valence-corrected chi connectivity index (χ1v) is 8.30. The first kappa shape index (κ1) is 14.3. The molecular weight excluding hydrogens is 300 g/mol. The molecule has 0 fully saturated rings. The number of hydrogen-bond acceptors (Lipinski definition) is 0. The molecule has 0 heterocycles. The van der Waals surface area contributed by atoms with Gasteiger partial charge in [0.05, 0.1) is 0 Å². The lowest BCUT2D eigenvalue weighted by molar-refractivity contribution is 1.16. The van der Waals surface area contributed by atoms with Crippen LogP contribution in [0.3, 0.4) is 0 Å². The van der Waals surface area contributed by atoms with E-state index in [2.05, 4.69) is 54.6 Å². The summed E-state index contributed by atoms with van der Waals surface area (Å²) in [7, 11) is 0. The molecule has 0 atom stereocenters. The summed E-state index contributed by atoms with van der Waals surface area (Å²) < 4.78 is 0. The van der Waals surface area contributed by atoms with E-state index in [9.17, 15) is 0 Å². The molecule has 0 nitrogen and oxygen atoms in total. The highest BCUT2D eigenvalue weighted by Crippen LogP contribution is 2.38. The summed E-state index contributed by atoms with van der Waals surface area (Å²) in [4.78, 5) is 0. The average Bonchev–Trinajstić information content (AvgIpc) is 2.96. The second-order valence-electron chi connectivity index (χ2n) is 5.94. The Morgan fingerprint density at radius 1 is 0.826 bits per heavy atom. The van der Waals surface area contributed by atoms with E-state index in [4.69, 9.17) is 11.6 Å². The molecule has 0 bridgehead atoms. The molecule has 23 heavy (non-hydrogen) atoms. The van der Waals surface area contributed by atoms with Crippen LogP contribution in [0, 0.1) is 0 Å². The van der Waals surface area contributed by atoms with Crippen molar-refractivity contribution in [1.82, 2.24) is 0 Å². The average molecular weight is 317 g/mol. The maximum Gasteiger partial charge on any atom is 0.0406 e. The van der Waals surface area contributed by atoms with Gasteiger partial charge in [0.2, 0.25) is 0 Å². The Hall–Kier alpha value is -2.31. The summed E-state index contributed by atoms with van der Waals surface area (Å²) in [5, 5.41) is 0.779. The van der Waals surface area contributed by atoms with Crippen molar-refractivity contribution in [3.05, 3.63) is 100 Å². The molecule has 112 valence electrons. The molecular formula is C22H17Cl. The zero-order valence-corrected chi connectivity index (χ0v) is 13.6. The third-order valence-corrected chi connectivity index (χ3v) is 4.72. The first-order chi connectivity index (χ1) is 11.3. The van der Waals surface area contributed by atoms with Crippen molar-refractivity contribution < 1.29 is 0 Å². The Labute approximate surface area is 142 Å². The van der Waals surface area contributed by atoms with E-state index < -0.39 is 0 Å².